The smallest absolute Gasteiger partial charge is 0.240 e. The van der Waals surface area contributed by atoms with Crippen molar-refractivity contribution in [2.24, 2.45) is 0 Å². The van der Waals surface area contributed by atoms with Crippen LogP contribution in [0.1, 0.15) is 26.2 Å². The van der Waals surface area contributed by atoms with Crippen molar-refractivity contribution >= 4 is 25.7 Å². The minimum absolute atomic E-state index is 0.0522. The van der Waals surface area contributed by atoms with Gasteiger partial charge in [0, 0.05) is 12.2 Å². The van der Waals surface area contributed by atoms with E-state index < -0.39 is 20.0 Å². The molecule has 0 fully saturated rings. The largest absolute Gasteiger partial charge is 0.320 e. The Bertz CT molecular complexity index is 670. The second-order valence-electron chi connectivity index (χ2n) is 5.15. The number of benzene rings is 1. The molecule has 0 aliphatic rings. The Kier molecular flexibility index (Phi) is 7.97. The third kappa shape index (κ3) is 7.30. The molecular weight excluding hydrogens is 338 g/mol. The van der Waals surface area contributed by atoms with Gasteiger partial charge in [-0.3, -0.25) is 4.72 Å². The fourth-order valence-corrected chi connectivity index (χ4v) is 4.16. The number of unbranched alkanes of at least 4 members (excludes halogenated alkanes) is 1. The molecule has 0 spiro atoms. The van der Waals surface area contributed by atoms with E-state index in [2.05, 4.69) is 14.8 Å². The number of hydrogen-bond acceptors (Lipinski definition) is 5. The Morgan fingerprint density at radius 1 is 0.957 bits per heavy atom. The fourth-order valence-electron chi connectivity index (χ4n) is 1.82. The van der Waals surface area contributed by atoms with Crippen LogP contribution in [0.3, 0.4) is 0 Å². The third-order valence-corrected chi connectivity index (χ3v) is 5.95. The molecule has 0 heterocycles. The first kappa shape index (κ1) is 19.9. The minimum Gasteiger partial charge on any atom is -0.320 e. The van der Waals surface area contributed by atoms with Crippen LogP contribution < -0.4 is 14.8 Å². The SMILES string of the molecule is CCCCS(=O)(=O)Nc1ccc(S(=O)(=O)NCCCNC)cc1. The summed E-state index contributed by atoms with van der Waals surface area (Å²) >= 11 is 0. The zero-order chi connectivity index (χ0) is 17.3. The Morgan fingerprint density at radius 3 is 2.17 bits per heavy atom. The molecule has 0 radical (unpaired) electrons. The van der Waals surface area contributed by atoms with Gasteiger partial charge in [0.2, 0.25) is 20.0 Å². The molecule has 0 aliphatic carbocycles. The summed E-state index contributed by atoms with van der Waals surface area (Å²) in [5.74, 6) is 0.0522. The highest BCUT2D eigenvalue weighted by Gasteiger charge is 2.14. The van der Waals surface area contributed by atoms with Crippen molar-refractivity contribution in [1.29, 1.82) is 0 Å². The van der Waals surface area contributed by atoms with E-state index in [-0.39, 0.29) is 10.6 Å². The predicted octanol–water partition coefficient (Wildman–Crippen LogP) is 1.12. The molecular formula is C14H25N3O4S2. The normalized spacial score (nSPS) is 12.3. The summed E-state index contributed by atoms with van der Waals surface area (Å²) in [6.07, 6.45) is 2.06. The summed E-state index contributed by atoms with van der Waals surface area (Å²) in [6.45, 7) is 2.98. The lowest BCUT2D eigenvalue weighted by Crippen LogP contribution is -2.26. The molecule has 0 aromatic heterocycles. The fraction of sp³-hybridized carbons (Fsp3) is 0.571. The van der Waals surface area contributed by atoms with Crippen LogP contribution in [-0.4, -0.2) is 42.7 Å². The summed E-state index contributed by atoms with van der Waals surface area (Å²) in [7, 11) is -5.16. The molecule has 1 rings (SSSR count). The first-order valence-electron chi connectivity index (χ1n) is 7.55. The highest BCUT2D eigenvalue weighted by molar-refractivity contribution is 7.92. The van der Waals surface area contributed by atoms with E-state index in [9.17, 15) is 16.8 Å². The lowest BCUT2D eigenvalue weighted by atomic mass is 10.3. The van der Waals surface area contributed by atoms with Crippen LogP contribution in [-0.2, 0) is 20.0 Å². The molecule has 0 saturated heterocycles. The average molecular weight is 364 g/mol. The van der Waals surface area contributed by atoms with Crippen molar-refractivity contribution in [2.45, 2.75) is 31.1 Å². The monoisotopic (exact) mass is 363 g/mol. The molecule has 3 N–H and O–H groups in total. The summed E-state index contributed by atoms with van der Waals surface area (Å²) in [6, 6.07) is 5.67. The van der Waals surface area contributed by atoms with Gasteiger partial charge in [0.15, 0.2) is 0 Å². The molecule has 7 nitrogen and oxygen atoms in total. The highest BCUT2D eigenvalue weighted by atomic mass is 32.2. The molecule has 0 atom stereocenters. The van der Waals surface area contributed by atoms with Crippen LogP contribution in [0.5, 0.6) is 0 Å². The third-order valence-electron chi connectivity index (χ3n) is 3.10. The Hall–Kier alpha value is -1.16. The quantitative estimate of drug-likeness (QED) is 0.511. The number of sulfonamides is 2. The van der Waals surface area contributed by atoms with Crippen molar-refractivity contribution in [3.63, 3.8) is 0 Å². The molecule has 0 aliphatic heterocycles. The minimum atomic E-state index is -3.57. The maximum atomic E-state index is 12.1. The van der Waals surface area contributed by atoms with E-state index in [1.165, 1.54) is 24.3 Å². The van der Waals surface area contributed by atoms with Gasteiger partial charge in [0.25, 0.3) is 0 Å². The molecule has 1 aromatic carbocycles. The number of rotatable bonds is 11. The van der Waals surface area contributed by atoms with Crippen molar-refractivity contribution < 1.29 is 16.8 Å². The Morgan fingerprint density at radius 2 is 1.61 bits per heavy atom. The van der Waals surface area contributed by atoms with Crippen molar-refractivity contribution in [3.05, 3.63) is 24.3 Å². The maximum Gasteiger partial charge on any atom is 0.240 e. The second-order valence-corrected chi connectivity index (χ2v) is 8.76. The number of anilines is 1. The van der Waals surface area contributed by atoms with Crippen LogP contribution in [0.25, 0.3) is 0 Å². The van der Waals surface area contributed by atoms with Gasteiger partial charge < -0.3 is 5.32 Å². The van der Waals surface area contributed by atoms with E-state index in [0.717, 1.165) is 13.0 Å². The molecule has 0 unspecified atom stereocenters. The first-order chi connectivity index (χ1) is 10.8. The zero-order valence-electron chi connectivity index (χ0n) is 13.5. The predicted molar refractivity (Wildman–Crippen MR) is 92.5 cm³/mol. The Balaban J connectivity index is 2.68. The van der Waals surface area contributed by atoms with Crippen LogP contribution >= 0.6 is 0 Å². The van der Waals surface area contributed by atoms with Crippen LogP contribution in [0, 0.1) is 0 Å². The first-order valence-corrected chi connectivity index (χ1v) is 10.7. The summed E-state index contributed by atoms with van der Waals surface area (Å²) in [4.78, 5) is 0.110. The van der Waals surface area contributed by atoms with E-state index >= 15 is 0 Å². The summed E-state index contributed by atoms with van der Waals surface area (Å²) < 4.78 is 52.7. The molecule has 23 heavy (non-hydrogen) atoms. The van der Waals surface area contributed by atoms with E-state index in [0.29, 0.717) is 25.1 Å². The van der Waals surface area contributed by atoms with Crippen molar-refractivity contribution in [1.82, 2.24) is 10.0 Å². The van der Waals surface area contributed by atoms with Gasteiger partial charge in [0.05, 0.1) is 10.6 Å². The number of nitrogens with one attached hydrogen (secondary N) is 3. The van der Waals surface area contributed by atoms with Gasteiger partial charge in [-0.15, -0.1) is 0 Å². The molecule has 1 aromatic rings. The topological polar surface area (TPSA) is 104 Å². The van der Waals surface area contributed by atoms with Gasteiger partial charge >= 0.3 is 0 Å². The van der Waals surface area contributed by atoms with Crippen LogP contribution in [0.2, 0.25) is 0 Å². The lowest BCUT2D eigenvalue weighted by molar-refractivity contribution is 0.577. The second kappa shape index (κ2) is 9.21. The van der Waals surface area contributed by atoms with Gasteiger partial charge in [-0.25, -0.2) is 21.6 Å². The zero-order valence-corrected chi connectivity index (χ0v) is 15.1. The van der Waals surface area contributed by atoms with Gasteiger partial charge in [-0.05, 0) is 50.7 Å². The van der Waals surface area contributed by atoms with Gasteiger partial charge in [0.1, 0.15) is 0 Å². The van der Waals surface area contributed by atoms with E-state index in [1.54, 1.807) is 7.05 Å². The van der Waals surface area contributed by atoms with Crippen molar-refractivity contribution in [3.8, 4) is 0 Å². The van der Waals surface area contributed by atoms with E-state index in [1.807, 2.05) is 6.92 Å². The number of hydrogen-bond donors (Lipinski definition) is 3. The van der Waals surface area contributed by atoms with Gasteiger partial charge in [-0.2, -0.15) is 0 Å². The highest BCUT2D eigenvalue weighted by Crippen LogP contribution is 2.15. The molecule has 0 amide bonds. The molecule has 0 bridgehead atoms. The Labute approximate surface area is 139 Å². The molecule has 132 valence electrons. The molecule has 9 heteroatoms. The van der Waals surface area contributed by atoms with Crippen LogP contribution in [0.4, 0.5) is 5.69 Å². The summed E-state index contributed by atoms with van der Waals surface area (Å²) in [5, 5.41) is 2.94. The lowest BCUT2D eigenvalue weighted by Gasteiger charge is -2.09. The van der Waals surface area contributed by atoms with Crippen molar-refractivity contribution in [2.75, 3.05) is 30.6 Å². The van der Waals surface area contributed by atoms with Gasteiger partial charge in [-0.1, -0.05) is 13.3 Å². The maximum absolute atomic E-state index is 12.1. The summed E-state index contributed by atoms with van der Waals surface area (Å²) in [5.41, 5.74) is 0.357. The van der Waals surface area contributed by atoms with E-state index in [4.69, 9.17) is 0 Å². The standard InChI is InChI=1S/C14H25N3O4S2/c1-3-4-12-22(18,19)17-13-6-8-14(9-7-13)23(20,21)16-11-5-10-15-2/h6-9,15-17H,3-5,10-12H2,1-2H3. The van der Waals surface area contributed by atoms with Crippen LogP contribution in [0.15, 0.2) is 29.2 Å². The average Bonchev–Trinajstić information content (AvgIpc) is 2.50. The molecule has 0 saturated carbocycles.